The molecule has 0 N–H and O–H groups in total. The van der Waals surface area contributed by atoms with E-state index in [9.17, 15) is 4.79 Å². The molecule has 0 bridgehead atoms. The Kier molecular flexibility index (Phi) is 9.66. The average molecular weight is 496 g/mol. The Morgan fingerprint density at radius 1 is 1.09 bits per heavy atom. The molecule has 1 heterocycles. The molecule has 6 heteroatoms. The van der Waals surface area contributed by atoms with Gasteiger partial charge in [-0.1, -0.05) is 77.7 Å². The van der Waals surface area contributed by atoms with Crippen molar-refractivity contribution < 1.29 is 14.0 Å². The highest BCUT2D eigenvalue weighted by Crippen LogP contribution is 2.42. The van der Waals surface area contributed by atoms with Crippen LogP contribution in [0.3, 0.4) is 0 Å². The Morgan fingerprint density at radius 3 is 2.00 bits per heavy atom. The van der Waals surface area contributed by atoms with Gasteiger partial charge in [0.25, 0.3) is 0 Å². The second-order valence-corrected chi connectivity index (χ2v) is 23.1. The topological polar surface area (TPSA) is 38.8 Å². The van der Waals surface area contributed by atoms with Gasteiger partial charge in [-0.25, -0.2) is 0 Å². The Morgan fingerprint density at radius 2 is 1.61 bits per heavy atom. The lowest BCUT2D eigenvalue weighted by Gasteiger charge is -2.43. The molecule has 1 fully saturated rings. The summed E-state index contributed by atoms with van der Waals surface area (Å²) in [6.07, 6.45) is 4.51. The van der Waals surface area contributed by atoms with Crippen LogP contribution in [0.1, 0.15) is 69.2 Å². The largest absolute Gasteiger partial charge is 0.413 e. The molecule has 0 radical (unpaired) electrons. The van der Waals surface area contributed by atoms with Gasteiger partial charge in [0.15, 0.2) is 8.32 Å². The molecule has 1 saturated heterocycles. The second-order valence-electron chi connectivity index (χ2n) is 13.3. The fourth-order valence-corrected chi connectivity index (χ4v) is 7.81. The Labute approximate surface area is 207 Å². The maximum atomic E-state index is 12.4. The molecule has 0 aromatic carbocycles. The van der Waals surface area contributed by atoms with Gasteiger partial charge in [-0.05, 0) is 51.7 Å². The Bertz CT molecular complexity index is 743. The van der Waals surface area contributed by atoms with Gasteiger partial charge in [-0.15, -0.1) is 0 Å². The molecule has 1 rings (SSSR count). The predicted molar refractivity (Wildman–Crippen MR) is 148 cm³/mol. The zero-order valence-corrected chi connectivity index (χ0v) is 26.3. The fraction of sp³-hybridized carbons (Fsp3) is 0.815. The standard InChI is InChI=1S/C27H53NO3Si2/c1-19(18-32(11,12)13)16-17-20(2)24(31-33(14,15)26(6,7)8)21(3)25-22(4)28(23(5)29)27(9,10)30-25/h16-18,20-22,24-25H,1-15H3/b17-16+,19-18+/t20-,21+,22-,24-,25+/m1/s1. The first-order chi connectivity index (χ1) is 14.6. The van der Waals surface area contributed by atoms with Crippen molar-refractivity contribution in [2.24, 2.45) is 11.8 Å². The molecule has 0 saturated carbocycles. The number of carbonyl (C=O) groups excluding carboxylic acids is 1. The van der Waals surface area contributed by atoms with E-state index in [2.05, 4.69) is 99.1 Å². The van der Waals surface area contributed by atoms with Crippen molar-refractivity contribution in [3.63, 3.8) is 0 Å². The fourth-order valence-electron chi connectivity index (χ4n) is 4.88. The molecule has 1 amide bonds. The first-order valence-electron chi connectivity index (χ1n) is 12.6. The van der Waals surface area contributed by atoms with Crippen LogP contribution in [0.25, 0.3) is 0 Å². The summed E-state index contributed by atoms with van der Waals surface area (Å²) in [6, 6.07) is 0.00252. The van der Waals surface area contributed by atoms with Crippen LogP contribution in [0.2, 0.25) is 37.8 Å². The number of hydrogen-bond acceptors (Lipinski definition) is 3. The third-order valence-corrected chi connectivity index (χ3v) is 13.1. The molecule has 0 aromatic rings. The maximum Gasteiger partial charge on any atom is 0.222 e. The third kappa shape index (κ3) is 7.91. The third-order valence-electron chi connectivity index (χ3n) is 7.34. The number of carbonyl (C=O) groups is 1. The van der Waals surface area contributed by atoms with Crippen molar-refractivity contribution in [3.05, 3.63) is 23.4 Å². The molecular weight excluding hydrogens is 442 g/mol. The molecule has 33 heavy (non-hydrogen) atoms. The lowest BCUT2D eigenvalue weighted by molar-refractivity contribution is -0.146. The van der Waals surface area contributed by atoms with E-state index >= 15 is 0 Å². The van der Waals surface area contributed by atoms with Crippen LogP contribution < -0.4 is 0 Å². The molecular formula is C27H53NO3Si2. The van der Waals surface area contributed by atoms with E-state index in [1.807, 2.05) is 18.7 Å². The average Bonchev–Trinajstić information content (AvgIpc) is 2.83. The zero-order valence-electron chi connectivity index (χ0n) is 24.3. The van der Waals surface area contributed by atoms with Gasteiger partial charge >= 0.3 is 0 Å². The Balaban J connectivity index is 3.33. The van der Waals surface area contributed by atoms with Crippen LogP contribution >= 0.6 is 0 Å². The van der Waals surface area contributed by atoms with Gasteiger partial charge in [0, 0.05) is 12.8 Å². The van der Waals surface area contributed by atoms with Crippen LogP contribution in [0.15, 0.2) is 23.4 Å². The maximum absolute atomic E-state index is 12.4. The highest BCUT2D eigenvalue weighted by molar-refractivity contribution is 6.81. The minimum absolute atomic E-state index is 0.00252. The molecule has 5 atom stereocenters. The van der Waals surface area contributed by atoms with Crippen molar-refractivity contribution in [2.45, 2.75) is 131 Å². The number of amides is 1. The monoisotopic (exact) mass is 495 g/mol. The zero-order chi connectivity index (χ0) is 26.2. The van der Waals surface area contributed by atoms with Crippen LogP contribution in [0.4, 0.5) is 0 Å². The van der Waals surface area contributed by atoms with Crippen LogP contribution in [-0.4, -0.2) is 51.2 Å². The van der Waals surface area contributed by atoms with Crippen molar-refractivity contribution in [3.8, 4) is 0 Å². The number of ether oxygens (including phenoxy) is 1. The summed E-state index contributed by atoms with van der Waals surface area (Å²) < 4.78 is 13.6. The highest BCUT2D eigenvalue weighted by Gasteiger charge is 2.51. The molecule has 1 aliphatic rings. The van der Waals surface area contributed by atoms with Gasteiger partial charge in [-0.2, -0.15) is 0 Å². The van der Waals surface area contributed by atoms with E-state index in [0.717, 1.165) is 0 Å². The molecule has 192 valence electrons. The number of nitrogens with zero attached hydrogens (tertiary/aromatic N) is 1. The summed E-state index contributed by atoms with van der Waals surface area (Å²) in [4.78, 5) is 14.3. The number of allylic oxidation sites excluding steroid dienone is 2. The minimum atomic E-state index is -2.01. The lowest BCUT2D eigenvalue weighted by atomic mass is 9.86. The molecule has 0 spiro atoms. The number of rotatable bonds is 8. The summed E-state index contributed by atoms with van der Waals surface area (Å²) >= 11 is 0. The minimum Gasteiger partial charge on any atom is -0.413 e. The van der Waals surface area contributed by atoms with Gasteiger partial charge < -0.3 is 14.1 Å². The summed E-state index contributed by atoms with van der Waals surface area (Å²) in [6.45, 7) is 33.0. The molecule has 0 aliphatic carbocycles. The van der Waals surface area contributed by atoms with E-state index in [4.69, 9.17) is 9.16 Å². The summed E-state index contributed by atoms with van der Waals surface area (Å²) in [7, 11) is -3.28. The highest BCUT2D eigenvalue weighted by atomic mass is 28.4. The van der Waals surface area contributed by atoms with E-state index in [1.54, 1.807) is 6.92 Å². The van der Waals surface area contributed by atoms with Crippen molar-refractivity contribution in [2.75, 3.05) is 0 Å². The predicted octanol–water partition coefficient (Wildman–Crippen LogP) is 7.40. The van der Waals surface area contributed by atoms with Crippen molar-refractivity contribution in [1.82, 2.24) is 4.90 Å². The second kappa shape index (κ2) is 10.5. The molecule has 0 unspecified atom stereocenters. The van der Waals surface area contributed by atoms with Gasteiger partial charge in [0.1, 0.15) is 5.72 Å². The van der Waals surface area contributed by atoms with E-state index in [1.165, 1.54) is 5.57 Å². The normalized spacial score (nSPS) is 25.4. The molecule has 1 aliphatic heterocycles. The summed E-state index contributed by atoms with van der Waals surface area (Å²) in [5.74, 6) is 0.423. The lowest BCUT2D eigenvalue weighted by Crippen LogP contribution is -2.51. The first-order valence-corrected chi connectivity index (χ1v) is 19.1. The van der Waals surface area contributed by atoms with Gasteiger partial charge in [0.2, 0.25) is 5.91 Å². The quantitative estimate of drug-likeness (QED) is 0.260. The SMILES string of the molecule is CC(=O)N1[C@H](C)[C@H]([C@@H](C)[C@H](O[Si](C)(C)C(C)(C)C)[C@H](C)/C=C/C(C)=C/[Si](C)(C)C)OC1(C)C. The van der Waals surface area contributed by atoms with Gasteiger partial charge in [0.05, 0.1) is 26.3 Å². The van der Waals surface area contributed by atoms with E-state index < -0.39 is 22.1 Å². The molecule has 4 nitrogen and oxygen atoms in total. The van der Waals surface area contributed by atoms with Crippen molar-refractivity contribution in [1.29, 1.82) is 0 Å². The van der Waals surface area contributed by atoms with Gasteiger partial charge in [-0.3, -0.25) is 4.79 Å². The van der Waals surface area contributed by atoms with E-state index in [-0.39, 0.29) is 41.0 Å². The molecule has 0 aromatic heterocycles. The van der Waals surface area contributed by atoms with Crippen LogP contribution in [0, 0.1) is 11.8 Å². The number of hydrogen-bond donors (Lipinski definition) is 0. The Hall–Kier alpha value is -0.696. The smallest absolute Gasteiger partial charge is 0.222 e. The first kappa shape index (κ1) is 30.3. The van der Waals surface area contributed by atoms with Crippen LogP contribution in [0.5, 0.6) is 0 Å². The summed E-state index contributed by atoms with van der Waals surface area (Å²) in [5, 5.41) is 0.120. The summed E-state index contributed by atoms with van der Waals surface area (Å²) in [5.41, 5.74) is 3.16. The van der Waals surface area contributed by atoms with E-state index in [0.29, 0.717) is 0 Å². The van der Waals surface area contributed by atoms with Crippen molar-refractivity contribution >= 4 is 22.3 Å². The van der Waals surface area contributed by atoms with Crippen LogP contribution in [-0.2, 0) is 14.0 Å².